The first kappa shape index (κ1) is 11.4. The second-order valence-corrected chi connectivity index (χ2v) is 6.73. The van der Waals surface area contributed by atoms with Gasteiger partial charge in [0.1, 0.15) is 0 Å². The molecule has 1 aromatic carbocycles. The SMILES string of the molecule is Clc1ccc(C(Br)C2C3CCCC32)c(Cl)c1. The van der Waals surface area contributed by atoms with Crippen molar-refractivity contribution in [3.8, 4) is 0 Å². The van der Waals surface area contributed by atoms with E-state index in [0.29, 0.717) is 9.85 Å². The minimum atomic E-state index is 0.410. The minimum Gasteiger partial charge on any atom is -0.0843 e. The summed E-state index contributed by atoms with van der Waals surface area (Å²) < 4.78 is 0. The Morgan fingerprint density at radius 2 is 1.88 bits per heavy atom. The highest BCUT2D eigenvalue weighted by atomic mass is 79.9. The first-order chi connectivity index (χ1) is 7.68. The molecule has 16 heavy (non-hydrogen) atoms. The molecule has 0 spiro atoms. The average molecular weight is 320 g/mol. The molecule has 0 nitrogen and oxygen atoms in total. The van der Waals surface area contributed by atoms with E-state index in [4.69, 9.17) is 23.2 Å². The van der Waals surface area contributed by atoms with Gasteiger partial charge in [-0.05, 0) is 48.3 Å². The van der Waals surface area contributed by atoms with Crippen LogP contribution in [0.1, 0.15) is 29.7 Å². The molecule has 0 aliphatic heterocycles. The predicted octanol–water partition coefficient (Wildman–Crippen LogP) is 5.48. The van der Waals surface area contributed by atoms with Crippen molar-refractivity contribution in [1.29, 1.82) is 0 Å². The number of halogens is 3. The maximum Gasteiger partial charge on any atom is 0.0464 e. The van der Waals surface area contributed by atoms with Crippen molar-refractivity contribution in [3.05, 3.63) is 33.8 Å². The van der Waals surface area contributed by atoms with Crippen molar-refractivity contribution in [1.82, 2.24) is 0 Å². The molecule has 3 atom stereocenters. The Kier molecular flexibility index (Phi) is 2.98. The van der Waals surface area contributed by atoms with Crippen molar-refractivity contribution in [2.24, 2.45) is 17.8 Å². The lowest BCUT2D eigenvalue weighted by atomic mass is 10.0. The summed E-state index contributed by atoms with van der Waals surface area (Å²) in [6.45, 7) is 0. The van der Waals surface area contributed by atoms with Gasteiger partial charge in [-0.25, -0.2) is 0 Å². The third kappa shape index (κ3) is 1.81. The predicted molar refractivity (Wildman–Crippen MR) is 72.5 cm³/mol. The first-order valence-corrected chi connectivity index (χ1v) is 7.44. The lowest BCUT2D eigenvalue weighted by molar-refractivity contribution is 0.583. The number of rotatable bonds is 2. The fraction of sp³-hybridized carbons (Fsp3) is 0.538. The van der Waals surface area contributed by atoms with Gasteiger partial charge in [-0.1, -0.05) is 51.6 Å². The van der Waals surface area contributed by atoms with Gasteiger partial charge >= 0.3 is 0 Å². The number of hydrogen-bond acceptors (Lipinski definition) is 0. The highest BCUT2D eigenvalue weighted by molar-refractivity contribution is 9.09. The zero-order valence-corrected chi connectivity index (χ0v) is 11.9. The Morgan fingerprint density at radius 3 is 2.50 bits per heavy atom. The third-order valence-electron chi connectivity index (χ3n) is 4.07. The minimum absolute atomic E-state index is 0.410. The van der Waals surface area contributed by atoms with E-state index in [9.17, 15) is 0 Å². The van der Waals surface area contributed by atoms with Crippen molar-refractivity contribution in [3.63, 3.8) is 0 Å². The zero-order chi connectivity index (χ0) is 11.3. The summed E-state index contributed by atoms with van der Waals surface area (Å²) in [4.78, 5) is 0.410. The van der Waals surface area contributed by atoms with Gasteiger partial charge in [-0.3, -0.25) is 0 Å². The normalized spacial score (nSPS) is 33.6. The lowest BCUT2D eigenvalue weighted by Gasteiger charge is -2.14. The Hall–Kier alpha value is 0.280. The molecule has 3 heteroatoms. The molecular formula is C13H13BrCl2. The van der Waals surface area contributed by atoms with Crippen molar-refractivity contribution in [2.45, 2.75) is 24.1 Å². The molecule has 0 radical (unpaired) electrons. The van der Waals surface area contributed by atoms with Gasteiger partial charge in [0.25, 0.3) is 0 Å². The second-order valence-electron chi connectivity index (χ2n) is 4.90. The topological polar surface area (TPSA) is 0 Å². The highest BCUT2D eigenvalue weighted by Crippen LogP contribution is 2.64. The van der Waals surface area contributed by atoms with Crippen LogP contribution in [-0.4, -0.2) is 0 Å². The summed E-state index contributed by atoms with van der Waals surface area (Å²) >= 11 is 16.0. The van der Waals surface area contributed by atoms with Gasteiger partial charge in [0.15, 0.2) is 0 Å². The van der Waals surface area contributed by atoms with Gasteiger partial charge < -0.3 is 0 Å². The molecular weight excluding hydrogens is 307 g/mol. The summed E-state index contributed by atoms with van der Waals surface area (Å²) in [7, 11) is 0. The van der Waals surface area contributed by atoms with Crippen LogP contribution in [0, 0.1) is 17.8 Å². The van der Waals surface area contributed by atoms with Crippen molar-refractivity contribution in [2.75, 3.05) is 0 Å². The largest absolute Gasteiger partial charge is 0.0843 e. The molecule has 0 bridgehead atoms. The molecule has 2 fully saturated rings. The molecule has 2 aliphatic rings. The highest BCUT2D eigenvalue weighted by Gasteiger charge is 2.55. The molecule has 0 amide bonds. The van der Waals surface area contributed by atoms with Crippen molar-refractivity contribution >= 4 is 39.1 Å². The van der Waals surface area contributed by atoms with Crippen LogP contribution in [0.2, 0.25) is 10.0 Å². The van der Waals surface area contributed by atoms with Crippen LogP contribution in [0.4, 0.5) is 0 Å². The fourth-order valence-electron chi connectivity index (χ4n) is 3.24. The van der Waals surface area contributed by atoms with Crippen molar-refractivity contribution < 1.29 is 0 Å². The summed E-state index contributed by atoms with van der Waals surface area (Å²) in [5.74, 6) is 2.68. The quantitative estimate of drug-likeness (QED) is 0.633. The number of hydrogen-bond donors (Lipinski definition) is 0. The van der Waals surface area contributed by atoms with Crippen LogP contribution in [0.15, 0.2) is 18.2 Å². The molecule has 2 aliphatic carbocycles. The van der Waals surface area contributed by atoms with Crippen LogP contribution < -0.4 is 0 Å². The Balaban J connectivity index is 1.82. The van der Waals surface area contributed by atoms with E-state index in [1.54, 1.807) is 0 Å². The standard InChI is InChI=1S/C13H13BrCl2/c14-13(12-8-2-1-3-9(8)12)10-5-4-7(15)6-11(10)16/h4-6,8-9,12-13H,1-3H2. The van der Waals surface area contributed by atoms with Gasteiger partial charge in [0.2, 0.25) is 0 Å². The smallest absolute Gasteiger partial charge is 0.0464 e. The molecule has 0 aromatic heterocycles. The Morgan fingerprint density at radius 1 is 1.19 bits per heavy atom. The van der Waals surface area contributed by atoms with E-state index >= 15 is 0 Å². The summed E-state index contributed by atoms with van der Waals surface area (Å²) in [5.41, 5.74) is 1.20. The molecule has 0 N–H and O–H groups in total. The summed E-state index contributed by atoms with van der Waals surface area (Å²) in [6, 6.07) is 5.82. The van der Waals surface area contributed by atoms with Crippen LogP contribution >= 0.6 is 39.1 Å². The Labute approximate surface area is 114 Å². The van der Waals surface area contributed by atoms with E-state index in [2.05, 4.69) is 22.0 Å². The molecule has 86 valence electrons. The molecule has 3 unspecified atom stereocenters. The summed E-state index contributed by atoms with van der Waals surface area (Å²) in [6.07, 6.45) is 4.23. The third-order valence-corrected chi connectivity index (χ3v) is 5.74. The average Bonchev–Trinajstić information content (AvgIpc) is 2.71. The monoisotopic (exact) mass is 318 g/mol. The molecule has 2 saturated carbocycles. The van der Waals surface area contributed by atoms with Gasteiger partial charge in [-0.2, -0.15) is 0 Å². The second kappa shape index (κ2) is 4.19. The van der Waals surface area contributed by atoms with E-state index in [1.807, 2.05) is 12.1 Å². The number of benzene rings is 1. The van der Waals surface area contributed by atoms with E-state index < -0.39 is 0 Å². The van der Waals surface area contributed by atoms with Crippen LogP contribution in [0.5, 0.6) is 0 Å². The Bertz CT molecular complexity index is 408. The van der Waals surface area contributed by atoms with Gasteiger partial charge in [0.05, 0.1) is 0 Å². The van der Waals surface area contributed by atoms with Crippen LogP contribution in [0.3, 0.4) is 0 Å². The number of alkyl halides is 1. The van der Waals surface area contributed by atoms with Crippen LogP contribution in [0.25, 0.3) is 0 Å². The van der Waals surface area contributed by atoms with Gasteiger partial charge in [-0.15, -0.1) is 0 Å². The molecule has 0 saturated heterocycles. The molecule has 3 rings (SSSR count). The molecule has 0 heterocycles. The summed E-state index contributed by atoms with van der Waals surface area (Å²) in [5, 5.41) is 1.50. The van der Waals surface area contributed by atoms with Crippen LogP contribution in [-0.2, 0) is 0 Å². The van der Waals surface area contributed by atoms with E-state index in [1.165, 1.54) is 24.8 Å². The zero-order valence-electron chi connectivity index (χ0n) is 8.80. The maximum atomic E-state index is 6.24. The fourth-order valence-corrected chi connectivity index (χ4v) is 5.08. The maximum absolute atomic E-state index is 6.24. The number of fused-ring (bicyclic) bond motifs is 1. The van der Waals surface area contributed by atoms with E-state index in [-0.39, 0.29) is 0 Å². The molecule has 1 aromatic rings. The lowest BCUT2D eigenvalue weighted by Crippen LogP contribution is -1.98. The first-order valence-electron chi connectivity index (χ1n) is 5.77. The van der Waals surface area contributed by atoms with Gasteiger partial charge in [0, 0.05) is 14.9 Å². The van der Waals surface area contributed by atoms with E-state index in [0.717, 1.165) is 22.8 Å².